The molecule has 1 fully saturated rings. The highest BCUT2D eigenvalue weighted by molar-refractivity contribution is 6.22. The number of halogens is 1. The van der Waals surface area contributed by atoms with Gasteiger partial charge in [0.2, 0.25) is 0 Å². The first-order valence-corrected chi connectivity index (χ1v) is 8.30. The molecule has 26 heavy (non-hydrogen) atoms. The molecule has 0 radical (unpaired) electrons. The SMILES string of the molecule is NC1=C(C=Nc2ccc(N3CC[C@H](F)C3)nc2)C(=O)N(c2cn[nH]c2)C1. The van der Waals surface area contributed by atoms with E-state index in [2.05, 4.69) is 20.2 Å². The summed E-state index contributed by atoms with van der Waals surface area (Å²) in [6.07, 6.45) is 5.99. The number of nitrogens with one attached hydrogen (secondary N) is 1. The summed E-state index contributed by atoms with van der Waals surface area (Å²) in [5.74, 6) is 0.509. The number of aromatic amines is 1. The molecule has 8 nitrogen and oxygen atoms in total. The van der Waals surface area contributed by atoms with E-state index in [1.54, 1.807) is 30.7 Å². The van der Waals surface area contributed by atoms with Crippen LogP contribution in [0.4, 0.5) is 21.6 Å². The second kappa shape index (κ2) is 6.58. The minimum atomic E-state index is -0.795. The number of carbonyl (C=O) groups excluding carboxylic acids is 1. The van der Waals surface area contributed by atoms with E-state index in [9.17, 15) is 9.18 Å². The minimum Gasteiger partial charge on any atom is -0.400 e. The quantitative estimate of drug-likeness (QED) is 0.805. The number of anilines is 2. The van der Waals surface area contributed by atoms with Crippen molar-refractivity contribution in [3.63, 3.8) is 0 Å². The lowest BCUT2D eigenvalue weighted by Crippen LogP contribution is -2.27. The molecule has 0 unspecified atom stereocenters. The Kier molecular flexibility index (Phi) is 4.11. The van der Waals surface area contributed by atoms with Crippen LogP contribution < -0.4 is 15.5 Å². The zero-order valence-corrected chi connectivity index (χ0v) is 14.0. The van der Waals surface area contributed by atoms with Crippen molar-refractivity contribution < 1.29 is 9.18 Å². The van der Waals surface area contributed by atoms with Crippen LogP contribution in [0, 0.1) is 0 Å². The summed E-state index contributed by atoms with van der Waals surface area (Å²) in [4.78, 5) is 24.5. The number of alkyl halides is 1. The van der Waals surface area contributed by atoms with Gasteiger partial charge in [-0.05, 0) is 18.6 Å². The maximum Gasteiger partial charge on any atom is 0.262 e. The van der Waals surface area contributed by atoms with E-state index in [0.717, 1.165) is 5.82 Å². The number of rotatable bonds is 4. The lowest BCUT2D eigenvalue weighted by molar-refractivity contribution is -0.114. The smallest absolute Gasteiger partial charge is 0.262 e. The van der Waals surface area contributed by atoms with Gasteiger partial charge in [0, 0.05) is 24.7 Å². The van der Waals surface area contributed by atoms with Gasteiger partial charge in [0.25, 0.3) is 5.91 Å². The molecule has 2 aliphatic heterocycles. The topological polar surface area (TPSA) is 104 Å². The van der Waals surface area contributed by atoms with Crippen molar-refractivity contribution in [3.8, 4) is 0 Å². The van der Waals surface area contributed by atoms with Gasteiger partial charge >= 0.3 is 0 Å². The number of aromatic nitrogens is 3. The molecule has 3 N–H and O–H groups in total. The third kappa shape index (κ3) is 3.03. The van der Waals surface area contributed by atoms with Crippen molar-refractivity contribution in [1.29, 1.82) is 0 Å². The standard InChI is InChI=1S/C17H18FN7O/c18-11-3-4-24(9-11)16-2-1-12(5-21-16)20-8-14-15(19)10-25(17(14)26)13-6-22-23-7-13/h1-2,5-8,11H,3-4,9-10,19H2,(H,22,23)/t11-/m0/s1. The Morgan fingerprint density at radius 1 is 1.38 bits per heavy atom. The van der Waals surface area contributed by atoms with E-state index in [-0.39, 0.29) is 5.91 Å². The zero-order chi connectivity index (χ0) is 18.1. The summed E-state index contributed by atoms with van der Waals surface area (Å²) >= 11 is 0. The molecule has 2 aromatic heterocycles. The molecule has 0 bridgehead atoms. The average molecular weight is 355 g/mol. The normalized spacial score (nSPS) is 20.8. The van der Waals surface area contributed by atoms with Crippen LogP contribution in [0.25, 0.3) is 0 Å². The number of nitrogens with two attached hydrogens (primary N) is 1. The molecule has 4 rings (SSSR count). The van der Waals surface area contributed by atoms with Gasteiger partial charge in [0.15, 0.2) is 0 Å². The van der Waals surface area contributed by atoms with E-state index in [0.29, 0.717) is 48.7 Å². The summed E-state index contributed by atoms with van der Waals surface area (Å²) in [6.45, 7) is 1.34. The molecular formula is C17H18FN7O. The lowest BCUT2D eigenvalue weighted by atomic mass is 10.2. The molecule has 1 atom stereocenters. The third-order valence-electron chi connectivity index (χ3n) is 4.48. The molecule has 1 amide bonds. The van der Waals surface area contributed by atoms with Crippen LogP contribution in [-0.4, -0.2) is 53.1 Å². The van der Waals surface area contributed by atoms with Crippen molar-refractivity contribution in [2.75, 3.05) is 29.4 Å². The molecule has 1 saturated heterocycles. The second-order valence-corrected chi connectivity index (χ2v) is 6.25. The zero-order valence-electron chi connectivity index (χ0n) is 14.0. The molecule has 4 heterocycles. The molecule has 134 valence electrons. The molecular weight excluding hydrogens is 337 g/mol. The summed E-state index contributed by atoms with van der Waals surface area (Å²) < 4.78 is 13.3. The van der Waals surface area contributed by atoms with Crippen molar-refractivity contribution in [2.45, 2.75) is 12.6 Å². The first-order chi connectivity index (χ1) is 12.6. The van der Waals surface area contributed by atoms with Gasteiger partial charge < -0.3 is 10.6 Å². The Balaban J connectivity index is 1.46. The lowest BCUT2D eigenvalue weighted by Gasteiger charge is -2.15. The monoisotopic (exact) mass is 355 g/mol. The van der Waals surface area contributed by atoms with Gasteiger partial charge in [-0.3, -0.25) is 19.8 Å². The first kappa shape index (κ1) is 16.2. The van der Waals surface area contributed by atoms with E-state index >= 15 is 0 Å². The Hall–Kier alpha value is -3.23. The summed E-state index contributed by atoms with van der Waals surface area (Å²) in [6, 6.07) is 3.59. The van der Waals surface area contributed by atoms with Gasteiger partial charge in [-0.15, -0.1) is 0 Å². The first-order valence-electron chi connectivity index (χ1n) is 8.30. The molecule has 0 spiro atoms. The summed E-state index contributed by atoms with van der Waals surface area (Å²) in [5.41, 5.74) is 8.05. The van der Waals surface area contributed by atoms with Crippen LogP contribution in [0.1, 0.15) is 6.42 Å². The van der Waals surface area contributed by atoms with Crippen molar-refractivity contribution in [3.05, 3.63) is 42.0 Å². The number of carbonyl (C=O) groups is 1. The van der Waals surface area contributed by atoms with Crippen LogP contribution in [0.15, 0.2) is 47.0 Å². The fourth-order valence-corrected chi connectivity index (χ4v) is 3.05. The van der Waals surface area contributed by atoms with E-state index < -0.39 is 6.17 Å². The molecule has 0 aliphatic carbocycles. The van der Waals surface area contributed by atoms with Crippen LogP contribution in [0.2, 0.25) is 0 Å². The highest BCUT2D eigenvalue weighted by atomic mass is 19.1. The van der Waals surface area contributed by atoms with E-state index in [1.807, 2.05) is 4.90 Å². The highest BCUT2D eigenvalue weighted by Gasteiger charge is 2.29. The maximum atomic E-state index is 13.3. The predicted molar refractivity (Wildman–Crippen MR) is 96.3 cm³/mol. The summed E-state index contributed by atoms with van der Waals surface area (Å²) in [5, 5.41) is 6.52. The average Bonchev–Trinajstić information content (AvgIpc) is 3.36. The highest BCUT2D eigenvalue weighted by Crippen LogP contribution is 2.24. The minimum absolute atomic E-state index is 0.219. The maximum absolute atomic E-state index is 13.3. The number of H-pyrrole nitrogens is 1. The van der Waals surface area contributed by atoms with Crippen molar-refractivity contribution in [1.82, 2.24) is 15.2 Å². The van der Waals surface area contributed by atoms with Gasteiger partial charge in [-0.2, -0.15) is 5.10 Å². The van der Waals surface area contributed by atoms with Crippen LogP contribution in [0.3, 0.4) is 0 Å². The van der Waals surface area contributed by atoms with Gasteiger partial charge in [-0.1, -0.05) is 0 Å². The molecule has 2 aromatic rings. The fraction of sp³-hybridized carbons (Fsp3) is 0.294. The molecule has 0 aromatic carbocycles. The number of nitrogens with zero attached hydrogens (tertiary/aromatic N) is 5. The predicted octanol–water partition coefficient (Wildman–Crippen LogP) is 1.31. The number of hydrogen-bond acceptors (Lipinski definition) is 6. The third-order valence-corrected chi connectivity index (χ3v) is 4.48. The van der Waals surface area contributed by atoms with Gasteiger partial charge in [-0.25, -0.2) is 9.37 Å². The molecule has 0 saturated carbocycles. The largest absolute Gasteiger partial charge is 0.400 e. The van der Waals surface area contributed by atoms with Crippen LogP contribution in [0.5, 0.6) is 0 Å². The van der Waals surface area contributed by atoms with E-state index in [4.69, 9.17) is 5.73 Å². The Morgan fingerprint density at radius 3 is 2.92 bits per heavy atom. The number of hydrogen-bond donors (Lipinski definition) is 2. The number of aliphatic imine (C=N–C) groups is 1. The van der Waals surface area contributed by atoms with Gasteiger partial charge in [0.05, 0.1) is 42.4 Å². The number of amides is 1. The van der Waals surface area contributed by atoms with E-state index in [1.165, 1.54) is 11.1 Å². The van der Waals surface area contributed by atoms with Crippen LogP contribution in [-0.2, 0) is 4.79 Å². The Labute approximate surface area is 149 Å². The molecule has 9 heteroatoms. The summed E-state index contributed by atoms with van der Waals surface area (Å²) in [7, 11) is 0. The Bertz CT molecular complexity index is 860. The van der Waals surface area contributed by atoms with Crippen molar-refractivity contribution in [2.24, 2.45) is 10.7 Å². The number of pyridine rings is 1. The molecule has 2 aliphatic rings. The van der Waals surface area contributed by atoms with Gasteiger partial charge in [0.1, 0.15) is 12.0 Å². The Morgan fingerprint density at radius 2 is 2.27 bits per heavy atom. The second-order valence-electron chi connectivity index (χ2n) is 6.25. The van der Waals surface area contributed by atoms with Crippen LogP contribution >= 0.6 is 0 Å². The fourth-order valence-electron chi connectivity index (χ4n) is 3.05. The van der Waals surface area contributed by atoms with Crippen molar-refractivity contribution >= 4 is 29.3 Å².